The van der Waals surface area contributed by atoms with E-state index in [0.29, 0.717) is 11.3 Å². The molecule has 0 aromatic heterocycles. The highest BCUT2D eigenvalue weighted by atomic mass is 32.2. The molecule has 2 aliphatic rings. The first-order chi connectivity index (χ1) is 13.0. The van der Waals surface area contributed by atoms with Crippen molar-refractivity contribution in [1.29, 1.82) is 0 Å². The zero-order chi connectivity index (χ0) is 21.1. The summed E-state index contributed by atoms with van der Waals surface area (Å²) in [6.07, 6.45) is 4.39. The van der Waals surface area contributed by atoms with Crippen LogP contribution in [-0.4, -0.2) is 64.8 Å². The lowest BCUT2D eigenvalue weighted by molar-refractivity contribution is -0.151. The highest BCUT2D eigenvalue weighted by Gasteiger charge is 2.54. The van der Waals surface area contributed by atoms with Crippen molar-refractivity contribution in [2.45, 2.75) is 44.7 Å². The Morgan fingerprint density at radius 3 is 2.57 bits per heavy atom. The van der Waals surface area contributed by atoms with E-state index in [1.54, 1.807) is 20.8 Å². The first kappa shape index (κ1) is 21.6. The molecular weight excluding hydrogens is 388 g/mol. The maximum Gasteiger partial charge on any atom is 0.408 e. The number of hydrogen-bond acceptors (Lipinski definition) is 8. The number of rotatable bonds is 5. The molecule has 0 aliphatic carbocycles. The minimum atomic E-state index is -0.842. The molecule has 1 fully saturated rings. The topological polar surface area (TPSA) is 111 Å². The fourth-order valence-electron chi connectivity index (χ4n) is 2.58. The van der Waals surface area contributed by atoms with Gasteiger partial charge in [-0.1, -0.05) is 5.92 Å². The number of nitrogens with one attached hydrogen (secondary N) is 1. The fraction of sp³-hybridized carbons (Fsp3) is 0.556. The Hall–Kier alpha value is -2.67. The minimum absolute atomic E-state index is 0.00695. The highest BCUT2D eigenvalue weighted by molar-refractivity contribution is 8.00. The van der Waals surface area contributed by atoms with Crippen molar-refractivity contribution in [1.82, 2.24) is 10.2 Å². The molecule has 0 bridgehead atoms. The number of esters is 2. The minimum Gasteiger partial charge on any atom is -0.461 e. The van der Waals surface area contributed by atoms with Crippen LogP contribution in [0.25, 0.3) is 0 Å². The van der Waals surface area contributed by atoms with Crippen LogP contribution in [0.5, 0.6) is 0 Å². The Labute approximate surface area is 167 Å². The Kier molecular flexibility index (Phi) is 6.61. The third-order valence-corrected chi connectivity index (χ3v) is 4.99. The Balaban J connectivity index is 2.18. The number of ether oxygens (including phenoxy) is 3. The zero-order valence-electron chi connectivity index (χ0n) is 16.1. The van der Waals surface area contributed by atoms with Gasteiger partial charge in [-0.05, 0) is 20.8 Å². The molecular formula is C18H22N2O7S. The third kappa shape index (κ3) is 4.98. The van der Waals surface area contributed by atoms with Crippen LogP contribution in [-0.2, 0) is 28.6 Å². The number of amides is 2. The molecule has 1 saturated heterocycles. The summed E-state index contributed by atoms with van der Waals surface area (Å²) in [4.78, 5) is 49.4. The SMILES string of the molecule is C#CCOC(=O)C1=C(COC(C)=O)CS[C@@H]2[C@H](NC(=O)OC(C)(C)C)C(=O)N12. The second kappa shape index (κ2) is 8.56. The normalized spacial score (nSPS) is 21.1. The molecule has 9 nitrogen and oxygen atoms in total. The molecule has 2 amide bonds. The van der Waals surface area contributed by atoms with E-state index in [0.717, 1.165) is 0 Å². The quantitative estimate of drug-likeness (QED) is 0.306. The van der Waals surface area contributed by atoms with Gasteiger partial charge in [0, 0.05) is 18.2 Å². The maximum absolute atomic E-state index is 12.6. The number of alkyl carbamates (subject to hydrolysis) is 1. The second-order valence-electron chi connectivity index (χ2n) is 7.05. The highest BCUT2D eigenvalue weighted by Crippen LogP contribution is 2.40. The van der Waals surface area contributed by atoms with Crippen molar-refractivity contribution in [3.63, 3.8) is 0 Å². The van der Waals surface area contributed by atoms with Crippen LogP contribution in [0.3, 0.4) is 0 Å². The van der Waals surface area contributed by atoms with Gasteiger partial charge in [0.25, 0.3) is 5.91 Å². The zero-order valence-corrected chi connectivity index (χ0v) is 16.9. The Morgan fingerprint density at radius 1 is 1.32 bits per heavy atom. The smallest absolute Gasteiger partial charge is 0.408 e. The second-order valence-corrected chi connectivity index (χ2v) is 8.15. The van der Waals surface area contributed by atoms with Crippen molar-refractivity contribution in [2.75, 3.05) is 19.0 Å². The molecule has 10 heteroatoms. The Bertz CT molecular complexity index is 763. The summed E-state index contributed by atoms with van der Waals surface area (Å²) in [7, 11) is 0. The molecule has 1 N–H and O–H groups in total. The average Bonchev–Trinajstić information content (AvgIpc) is 2.59. The van der Waals surface area contributed by atoms with E-state index >= 15 is 0 Å². The summed E-state index contributed by atoms with van der Waals surface area (Å²) < 4.78 is 15.1. The van der Waals surface area contributed by atoms with Gasteiger partial charge < -0.3 is 19.5 Å². The van der Waals surface area contributed by atoms with E-state index in [2.05, 4.69) is 11.2 Å². The molecule has 0 spiro atoms. The summed E-state index contributed by atoms with van der Waals surface area (Å²) in [6, 6.07) is -0.842. The number of carbonyl (C=O) groups is 4. The van der Waals surface area contributed by atoms with Crippen LogP contribution < -0.4 is 5.32 Å². The summed E-state index contributed by atoms with van der Waals surface area (Å²) in [5.74, 6) is 0.705. The molecule has 0 aromatic rings. The summed E-state index contributed by atoms with van der Waals surface area (Å²) >= 11 is 1.33. The summed E-state index contributed by atoms with van der Waals surface area (Å²) in [6.45, 7) is 5.96. The van der Waals surface area contributed by atoms with Crippen LogP contribution in [0.15, 0.2) is 11.3 Å². The van der Waals surface area contributed by atoms with E-state index in [-0.39, 0.29) is 18.9 Å². The molecule has 0 radical (unpaired) electrons. The van der Waals surface area contributed by atoms with Crippen LogP contribution in [0.4, 0.5) is 4.79 Å². The number of carbonyl (C=O) groups excluding carboxylic acids is 4. The molecule has 0 aromatic carbocycles. The number of terminal acetylenes is 1. The van der Waals surface area contributed by atoms with E-state index in [9.17, 15) is 19.2 Å². The van der Waals surface area contributed by atoms with Crippen molar-refractivity contribution in [3.8, 4) is 12.3 Å². The number of fused-ring (bicyclic) bond motifs is 1. The van der Waals surface area contributed by atoms with E-state index in [1.165, 1.54) is 23.6 Å². The fourth-order valence-corrected chi connectivity index (χ4v) is 3.91. The van der Waals surface area contributed by atoms with Crippen LogP contribution in [0.1, 0.15) is 27.7 Å². The van der Waals surface area contributed by atoms with Crippen LogP contribution in [0.2, 0.25) is 0 Å². The van der Waals surface area contributed by atoms with Gasteiger partial charge in [0.2, 0.25) is 0 Å². The van der Waals surface area contributed by atoms with Crippen molar-refractivity contribution in [3.05, 3.63) is 11.3 Å². The molecule has 152 valence electrons. The Morgan fingerprint density at radius 2 is 2.00 bits per heavy atom. The number of β-lactam (4-membered cyclic amide) rings is 1. The largest absolute Gasteiger partial charge is 0.461 e. The van der Waals surface area contributed by atoms with Crippen LogP contribution >= 0.6 is 11.8 Å². The van der Waals surface area contributed by atoms with Gasteiger partial charge in [-0.15, -0.1) is 18.2 Å². The van der Waals surface area contributed by atoms with Gasteiger partial charge in [0.15, 0.2) is 6.61 Å². The lowest BCUT2D eigenvalue weighted by atomic mass is 10.0. The number of hydrogen-bond donors (Lipinski definition) is 1. The molecule has 0 saturated carbocycles. The van der Waals surface area contributed by atoms with E-state index in [4.69, 9.17) is 20.6 Å². The van der Waals surface area contributed by atoms with Gasteiger partial charge >= 0.3 is 18.0 Å². The monoisotopic (exact) mass is 410 g/mol. The van der Waals surface area contributed by atoms with Gasteiger partial charge in [0.1, 0.15) is 29.3 Å². The molecule has 2 rings (SSSR count). The van der Waals surface area contributed by atoms with Crippen molar-refractivity contribution < 1.29 is 33.4 Å². The molecule has 2 atom stereocenters. The van der Waals surface area contributed by atoms with Gasteiger partial charge in [-0.2, -0.15) is 0 Å². The molecule has 2 aliphatic heterocycles. The number of nitrogens with zero attached hydrogens (tertiary/aromatic N) is 1. The molecule has 2 heterocycles. The van der Waals surface area contributed by atoms with Crippen molar-refractivity contribution >= 4 is 35.7 Å². The van der Waals surface area contributed by atoms with Crippen molar-refractivity contribution in [2.24, 2.45) is 0 Å². The average molecular weight is 410 g/mol. The third-order valence-electron chi connectivity index (χ3n) is 3.65. The maximum atomic E-state index is 12.6. The van der Waals surface area contributed by atoms with E-state index < -0.39 is 41.0 Å². The van der Waals surface area contributed by atoms with E-state index in [1.807, 2.05) is 0 Å². The summed E-state index contributed by atoms with van der Waals surface area (Å²) in [5.41, 5.74) is -0.285. The number of thioether (sulfide) groups is 1. The standard InChI is InChI=1S/C18H22N2O7S/c1-6-7-25-16(23)13-11(8-26-10(2)21)9-28-15-12(14(22)20(13)15)19-17(24)27-18(3,4)5/h1,12,15H,7-9H2,2-5H3,(H,19,24)/t12-,15-/m1/s1. The van der Waals surface area contributed by atoms with Crippen LogP contribution in [0, 0.1) is 12.3 Å². The lowest BCUT2D eigenvalue weighted by Crippen LogP contribution is -2.70. The molecule has 28 heavy (non-hydrogen) atoms. The van der Waals surface area contributed by atoms with Gasteiger partial charge in [0.05, 0.1) is 0 Å². The predicted molar refractivity (Wildman–Crippen MR) is 99.7 cm³/mol. The first-order valence-electron chi connectivity index (χ1n) is 8.45. The predicted octanol–water partition coefficient (Wildman–Crippen LogP) is 0.788. The molecule has 0 unspecified atom stereocenters. The van der Waals surface area contributed by atoms with Gasteiger partial charge in [-0.3, -0.25) is 14.5 Å². The first-order valence-corrected chi connectivity index (χ1v) is 9.50. The lowest BCUT2D eigenvalue weighted by Gasteiger charge is -2.49. The summed E-state index contributed by atoms with van der Waals surface area (Å²) in [5, 5.41) is 2.02. The van der Waals surface area contributed by atoms with Gasteiger partial charge in [-0.25, -0.2) is 9.59 Å².